The van der Waals surface area contributed by atoms with Crippen LogP contribution in [0, 0.1) is 0 Å². The predicted molar refractivity (Wildman–Crippen MR) is 127 cm³/mol. The summed E-state index contributed by atoms with van der Waals surface area (Å²) in [5, 5.41) is 9.70. The number of benzene rings is 1. The van der Waals surface area contributed by atoms with E-state index in [9.17, 15) is 14.4 Å². The average molecular weight is 489 g/mol. The van der Waals surface area contributed by atoms with Gasteiger partial charge in [0, 0.05) is 11.5 Å². The second-order valence-corrected chi connectivity index (χ2v) is 9.33. The van der Waals surface area contributed by atoms with Gasteiger partial charge in [0.1, 0.15) is 4.88 Å². The molecule has 0 aliphatic carbocycles. The van der Waals surface area contributed by atoms with Crippen molar-refractivity contribution in [2.24, 2.45) is 0 Å². The van der Waals surface area contributed by atoms with Crippen molar-refractivity contribution < 1.29 is 19.1 Å². The Kier molecular flexibility index (Phi) is 7.63. The first-order valence-electron chi connectivity index (χ1n) is 10.6. The van der Waals surface area contributed by atoms with E-state index in [1.165, 1.54) is 15.9 Å². The van der Waals surface area contributed by atoms with Gasteiger partial charge in [-0.25, -0.2) is 14.7 Å². The summed E-state index contributed by atoms with van der Waals surface area (Å²) in [6.07, 6.45) is 1.83. The highest BCUT2D eigenvalue weighted by molar-refractivity contribution is 7.99. The van der Waals surface area contributed by atoms with Crippen LogP contribution in [-0.4, -0.2) is 51.7 Å². The van der Waals surface area contributed by atoms with E-state index in [0.29, 0.717) is 28.9 Å². The van der Waals surface area contributed by atoms with Crippen LogP contribution < -0.4 is 11.0 Å². The number of hydrogen-bond acceptors (Lipinski definition) is 8. The number of anilines is 1. The fraction of sp³-hybridized carbons (Fsp3) is 0.364. The molecule has 4 rings (SSSR count). The number of hydrogen-bond donors (Lipinski definition) is 2. The molecule has 9 nitrogen and oxygen atoms in total. The summed E-state index contributed by atoms with van der Waals surface area (Å²) in [7, 11) is 0. The van der Waals surface area contributed by atoms with Crippen molar-refractivity contribution in [3.63, 3.8) is 0 Å². The first kappa shape index (κ1) is 23.3. The molecule has 0 bridgehead atoms. The van der Waals surface area contributed by atoms with Crippen molar-refractivity contribution >= 4 is 40.7 Å². The topological polar surface area (TPSA) is 115 Å². The molecule has 2 aromatic heterocycles. The molecule has 1 aromatic carbocycles. The third-order valence-corrected chi connectivity index (χ3v) is 7.13. The predicted octanol–water partition coefficient (Wildman–Crippen LogP) is 3.39. The summed E-state index contributed by atoms with van der Waals surface area (Å²) in [5.74, 6) is -0.776. The third-order valence-electron chi connectivity index (χ3n) is 4.99. The Bertz CT molecular complexity index is 1170. The van der Waals surface area contributed by atoms with Crippen LogP contribution in [0.25, 0.3) is 10.4 Å². The molecule has 1 fully saturated rings. The van der Waals surface area contributed by atoms with Crippen molar-refractivity contribution in [1.82, 2.24) is 14.8 Å². The van der Waals surface area contributed by atoms with E-state index in [4.69, 9.17) is 9.47 Å². The summed E-state index contributed by atoms with van der Waals surface area (Å²) in [4.78, 5) is 38.4. The molecule has 3 aromatic rings. The van der Waals surface area contributed by atoms with E-state index in [2.05, 4.69) is 15.5 Å². The molecule has 11 heteroatoms. The van der Waals surface area contributed by atoms with Crippen LogP contribution in [0.2, 0.25) is 0 Å². The molecule has 0 radical (unpaired) electrons. The lowest BCUT2D eigenvalue weighted by Gasteiger charge is -2.11. The van der Waals surface area contributed by atoms with Crippen molar-refractivity contribution in [1.29, 1.82) is 0 Å². The number of thioether (sulfide) groups is 1. The van der Waals surface area contributed by atoms with Gasteiger partial charge in [-0.05, 0) is 31.4 Å². The maximum atomic E-state index is 12.7. The van der Waals surface area contributed by atoms with Gasteiger partial charge >= 0.3 is 11.7 Å². The third kappa shape index (κ3) is 5.73. The highest BCUT2D eigenvalue weighted by atomic mass is 32.2. The Morgan fingerprint density at radius 3 is 2.91 bits per heavy atom. The van der Waals surface area contributed by atoms with Gasteiger partial charge in [-0.3, -0.25) is 9.36 Å². The van der Waals surface area contributed by atoms with Crippen molar-refractivity contribution in [3.05, 3.63) is 51.8 Å². The molecule has 1 unspecified atom stereocenters. The first-order valence-corrected chi connectivity index (χ1v) is 12.4. The average Bonchev–Trinajstić information content (AvgIpc) is 3.55. The molecule has 33 heavy (non-hydrogen) atoms. The molecule has 1 aliphatic rings. The smallest absolute Gasteiger partial charge is 0.350 e. The van der Waals surface area contributed by atoms with Crippen molar-refractivity contribution in [2.75, 3.05) is 24.3 Å². The molecule has 0 spiro atoms. The fourth-order valence-corrected chi connectivity index (χ4v) is 5.23. The molecule has 1 amide bonds. The number of amides is 1. The Hall–Kier alpha value is -2.89. The Balaban J connectivity index is 1.45. The fourth-order valence-electron chi connectivity index (χ4n) is 3.46. The molecular weight excluding hydrogens is 464 g/mol. The van der Waals surface area contributed by atoms with Crippen LogP contribution in [0.5, 0.6) is 0 Å². The normalized spacial score (nSPS) is 15.5. The largest absolute Gasteiger partial charge is 0.462 e. The maximum Gasteiger partial charge on any atom is 0.350 e. The van der Waals surface area contributed by atoms with Gasteiger partial charge in [0.05, 0.1) is 30.7 Å². The number of aromatic amines is 1. The van der Waals surface area contributed by atoms with Crippen LogP contribution in [0.1, 0.15) is 29.4 Å². The number of carbonyl (C=O) groups excluding carboxylic acids is 2. The number of H-pyrrole nitrogens is 1. The van der Waals surface area contributed by atoms with Gasteiger partial charge in [-0.1, -0.05) is 42.1 Å². The summed E-state index contributed by atoms with van der Waals surface area (Å²) in [5.41, 5.74) is 1.02. The molecular formula is C22H24N4O5S2. The Morgan fingerprint density at radius 1 is 1.36 bits per heavy atom. The summed E-state index contributed by atoms with van der Waals surface area (Å²) in [6, 6.07) is 11.4. The summed E-state index contributed by atoms with van der Waals surface area (Å²) < 4.78 is 12.3. The molecule has 0 saturated carbocycles. The van der Waals surface area contributed by atoms with Crippen molar-refractivity contribution in [2.45, 2.75) is 37.6 Å². The highest BCUT2D eigenvalue weighted by Gasteiger charge is 2.22. The van der Waals surface area contributed by atoms with Gasteiger partial charge in [-0.2, -0.15) is 0 Å². The Morgan fingerprint density at radius 2 is 2.18 bits per heavy atom. The van der Waals surface area contributed by atoms with Crippen LogP contribution in [0.15, 0.2) is 46.3 Å². The van der Waals surface area contributed by atoms with Crippen LogP contribution >= 0.6 is 23.1 Å². The highest BCUT2D eigenvalue weighted by Crippen LogP contribution is 2.35. The van der Waals surface area contributed by atoms with Gasteiger partial charge < -0.3 is 14.8 Å². The number of ether oxygens (including phenoxy) is 2. The zero-order chi connectivity index (χ0) is 23.2. The quantitative estimate of drug-likeness (QED) is 0.350. The second kappa shape index (κ2) is 10.8. The molecule has 1 atom stereocenters. The second-order valence-electron chi connectivity index (χ2n) is 7.33. The van der Waals surface area contributed by atoms with Crippen LogP contribution in [-0.2, 0) is 20.8 Å². The Labute approximate surface area is 198 Å². The number of nitrogens with one attached hydrogen (secondary N) is 2. The van der Waals surface area contributed by atoms with E-state index in [1.54, 1.807) is 13.0 Å². The molecule has 174 valence electrons. The molecule has 3 heterocycles. The minimum Gasteiger partial charge on any atom is -0.462 e. The van der Waals surface area contributed by atoms with E-state index in [0.717, 1.165) is 35.0 Å². The number of rotatable bonds is 9. The standard InChI is InChI=1S/C22H24N4O5S2/c1-2-30-20(28)19-16(11-17(33-19)14-7-4-3-5-8-14)23-18(27)13-32-22-25-24-21(29)26(22)12-15-9-6-10-31-15/h3-5,7-8,11,15H,2,6,9-10,12-13H2,1H3,(H,23,27)(H,24,29). The first-order chi connectivity index (χ1) is 16.0. The van der Waals surface area contributed by atoms with Crippen LogP contribution in [0.3, 0.4) is 0 Å². The van der Waals surface area contributed by atoms with Gasteiger partial charge in [0.2, 0.25) is 5.91 Å². The van der Waals surface area contributed by atoms with Gasteiger partial charge in [0.15, 0.2) is 5.16 Å². The van der Waals surface area contributed by atoms with Crippen molar-refractivity contribution in [3.8, 4) is 10.4 Å². The van der Waals surface area contributed by atoms with Crippen LogP contribution in [0.4, 0.5) is 5.69 Å². The number of aromatic nitrogens is 3. The number of nitrogens with zero attached hydrogens (tertiary/aromatic N) is 2. The molecule has 1 aliphatic heterocycles. The lowest BCUT2D eigenvalue weighted by molar-refractivity contribution is -0.113. The lowest BCUT2D eigenvalue weighted by Crippen LogP contribution is -2.25. The number of thiophene rings is 1. The zero-order valence-corrected chi connectivity index (χ0v) is 19.7. The van der Waals surface area contributed by atoms with Gasteiger partial charge in [0.25, 0.3) is 0 Å². The van der Waals surface area contributed by atoms with E-state index in [-0.39, 0.29) is 30.1 Å². The minimum atomic E-state index is -0.481. The zero-order valence-electron chi connectivity index (χ0n) is 18.0. The maximum absolute atomic E-state index is 12.7. The minimum absolute atomic E-state index is 0.0224. The number of carbonyl (C=O) groups is 2. The number of esters is 1. The van der Waals surface area contributed by atoms with E-state index in [1.807, 2.05) is 30.3 Å². The molecule has 2 N–H and O–H groups in total. The SMILES string of the molecule is CCOC(=O)c1sc(-c2ccccc2)cc1NC(=O)CSc1n[nH]c(=O)n1CC1CCCO1. The van der Waals surface area contributed by atoms with E-state index < -0.39 is 5.97 Å². The summed E-state index contributed by atoms with van der Waals surface area (Å²) in [6.45, 7) is 3.06. The summed E-state index contributed by atoms with van der Waals surface area (Å²) >= 11 is 2.41. The van der Waals surface area contributed by atoms with Gasteiger partial charge in [-0.15, -0.1) is 16.4 Å². The lowest BCUT2D eigenvalue weighted by atomic mass is 10.2. The monoisotopic (exact) mass is 488 g/mol. The molecule has 1 saturated heterocycles. The van der Waals surface area contributed by atoms with E-state index >= 15 is 0 Å².